The standard InChI is InChI=1S/C22H17BrF3NO5S2/c1-34(30,31)20-11-15(4-9-19(20)28)27-21(29)13-2-3-14(18(23)10-13)12-32-16-5-7-17(8-6-16)33-22(24,25)26/h2-11,28H,12H2,1H3,(H,27,29). The smallest absolute Gasteiger partial charge is 0.446 e. The number of aromatic hydroxyl groups is 1. The van der Waals surface area contributed by atoms with Gasteiger partial charge in [0.15, 0.2) is 9.84 Å². The molecule has 6 nitrogen and oxygen atoms in total. The zero-order valence-electron chi connectivity index (χ0n) is 17.4. The van der Waals surface area contributed by atoms with Crippen molar-refractivity contribution in [2.24, 2.45) is 0 Å². The summed E-state index contributed by atoms with van der Waals surface area (Å²) in [5.41, 5.74) is -3.20. The number of hydrogen-bond acceptors (Lipinski definition) is 6. The second-order valence-corrected chi connectivity index (χ2v) is 11.0. The zero-order chi connectivity index (χ0) is 25.1. The van der Waals surface area contributed by atoms with Crippen LogP contribution in [0.3, 0.4) is 0 Å². The van der Waals surface area contributed by atoms with Crippen LogP contribution < -0.4 is 10.1 Å². The van der Waals surface area contributed by atoms with Crippen molar-refractivity contribution in [3.05, 3.63) is 76.3 Å². The van der Waals surface area contributed by atoms with Crippen LogP contribution in [0.5, 0.6) is 11.5 Å². The number of hydrogen-bond donors (Lipinski definition) is 2. The van der Waals surface area contributed by atoms with E-state index in [1.54, 1.807) is 18.2 Å². The van der Waals surface area contributed by atoms with E-state index in [1.807, 2.05) is 0 Å². The summed E-state index contributed by atoms with van der Waals surface area (Å²) >= 11 is 3.16. The maximum absolute atomic E-state index is 12.6. The van der Waals surface area contributed by atoms with Gasteiger partial charge in [-0.3, -0.25) is 4.79 Å². The second kappa shape index (κ2) is 10.3. The molecule has 3 rings (SSSR count). The summed E-state index contributed by atoms with van der Waals surface area (Å²) in [6, 6.07) is 14.0. The molecule has 0 saturated carbocycles. The topological polar surface area (TPSA) is 92.7 Å². The highest BCUT2D eigenvalue weighted by Gasteiger charge is 2.29. The van der Waals surface area contributed by atoms with Gasteiger partial charge in [0.1, 0.15) is 23.0 Å². The molecule has 1 amide bonds. The number of phenolic OH excluding ortho intramolecular Hbond substituents is 1. The predicted molar refractivity (Wildman–Crippen MR) is 126 cm³/mol. The number of nitrogens with one attached hydrogen (secondary N) is 1. The Hall–Kier alpha value is -2.70. The van der Waals surface area contributed by atoms with Crippen LogP contribution in [-0.2, 0) is 16.4 Å². The third-order valence-corrected chi connectivity index (χ3v) is 6.99. The van der Waals surface area contributed by atoms with Crippen LogP contribution >= 0.6 is 27.7 Å². The Balaban J connectivity index is 1.65. The quantitative estimate of drug-likeness (QED) is 0.265. The molecule has 2 N–H and O–H groups in total. The SMILES string of the molecule is CS(=O)(=O)c1cc(NC(=O)c2ccc(COc3ccc(SC(F)(F)F)cc3)c(Br)c2)ccc1O. The molecular formula is C22H17BrF3NO5S2. The number of rotatable bonds is 7. The van der Waals surface area contributed by atoms with Crippen LogP contribution in [0.25, 0.3) is 0 Å². The molecule has 3 aromatic rings. The average molecular weight is 576 g/mol. The lowest BCUT2D eigenvalue weighted by molar-refractivity contribution is -0.0328. The van der Waals surface area contributed by atoms with E-state index in [-0.39, 0.29) is 39.4 Å². The Labute approximate surface area is 206 Å². The highest BCUT2D eigenvalue weighted by Crippen LogP contribution is 2.37. The third kappa shape index (κ3) is 7.15. The van der Waals surface area contributed by atoms with Gasteiger partial charge in [0.2, 0.25) is 0 Å². The van der Waals surface area contributed by atoms with Crippen molar-refractivity contribution in [3.63, 3.8) is 0 Å². The lowest BCUT2D eigenvalue weighted by Crippen LogP contribution is -2.13. The van der Waals surface area contributed by atoms with E-state index in [0.717, 1.165) is 12.3 Å². The molecule has 0 atom stereocenters. The Morgan fingerprint density at radius 3 is 2.35 bits per heavy atom. The van der Waals surface area contributed by atoms with Crippen LogP contribution in [0, 0.1) is 0 Å². The van der Waals surface area contributed by atoms with E-state index in [0.29, 0.717) is 15.8 Å². The maximum atomic E-state index is 12.6. The molecule has 0 aliphatic heterocycles. The van der Waals surface area contributed by atoms with E-state index >= 15 is 0 Å². The molecule has 0 radical (unpaired) electrons. The summed E-state index contributed by atoms with van der Waals surface area (Å²) in [7, 11) is -3.68. The van der Waals surface area contributed by atoms with Gasteiger partial charge in [-0.05, 0) is 66.4 Å². The van der Waals surface area contributed by atoms with Crippen molar-refractivity contribution in [1.82, 2.24) is 0 Å². The van der Waals surface area contributed by atoms with Gasteiger partial charge in [0.05, 0.1) is 0 Å². The number of sulfone groups is 1. The Kier molecular flexibility index (Phi) is 7.84. The molecule has 0 aliphatic carbocycles. The first-order chi connectivity index (χ1) is 15.8. The highest BCUT2D eigenvalue weighted by atomic mass is 79.9. The first-order valence-corrected chi connectivity index (χ1v) is 12.9. The van der Waals surface area contributed by atoms with Gasteiger partial charge in [-0.25, -0.2) is 8.42 Å². The molecule has 0 saturated heterocycles. The summed E-state index contributed by atoms with van der Waals surface area (Å²) < 4.78 is 66.9. The zero-order valence-corrected chi connectivity index (χ0v) is 20.6. The monoisotopic (exact) mass is 575 g/mol. The van der Waals surface area contributed by atoms with Crippen molar-refractivity contribution in [3.8, 4) is 11.5 Å². The highest BCUT2D eigenvalue weighted by molar-refractivity contribution is 9.10. The molecule has 180 valence electrons. The number of phenols is 1. The first-order valence-electron chi connectivity index (χ1n) is 9.43. The van der Waals surface area contributed by atoms with E-state index in [9.17, 15) is 31.5 Å². The average Bonchev–Trinajstić information content (AvgIpc) is 2.73. The molecule has 3 aromatic carbocycles. The van der Waals surface area contributed by atoms with Crippen molar-refractivity contribution in [2.45, 2.75) is 21.9 Å². The second-order valence-electron chi connectivity index (χ2n) is 7.02. The lowest BCUT2D eigenvalue weighted by Gasteiger charge is -2.11. The number of halogens is 4. The van der Waals surface area contributed by atoms with Crippen molar-refractivity contribution in [2.75, 3.05) is 11.6 Å². The summed E-state index contributed by atoms with van der Waals surface area (Å²) in [6.07, 6.45) is 0.946. The molecule has 0 bridgehead atoms. The van der Waals surface area contributed by atoms with Gasteiger partial charge in [-0.1, -0.05) is 22.0 Å². The minimum Gasteiger partial charge on any atom is -0.507 e. The minimum atomic E-state index is -4.36. The Morgan fingerprint density at radius 1 is 1.09 bits per heavy atom. The minimum absolute atomic E-state index is 0.0497. The Bertz CT molecular complexity index is 1310. The third-order valence-electron chi connectivity index (χ3n) is 4.38. The van der Waals surface area contributed by atoms with E-state index in [1.165, 1.54) is 36.4 Å². The molecule has 34 heavy (non-hydrogen) atoms. The first kappa shape index (κ1) is 25.9. The van der Waals surface area contributed by atoms with Gasteiger partial charge < -0.3 is 15.2 Å². The number of carbonyl (C=O) groups is 1. The van der Waals surface area contributed by atoms with Crippen molar-refractivity contribution >= 4 is 49.1 Å². The number of anilines is 1. The molecule has 12 heteroatoms. The van der Waals surface area contributed by atoms with Gasteiger partial charge in [-0.2, -0.15) is 13.2 Å². The molecule has 0 aliphatic rings. The summed E-state index contributed by atoms with van der Waals surface area (Å²) in [6.45, 7) is 0.101. The van der Waals surface area contributed by atoms with Crippen molar-refractivity contribution in [1.29, 1.82) is 0 Å². The maximum Gasteiger partial charge on any atom is 0.446 e. The summed E-state index contributed by atoms with van der Waals surface area (Å²) in [4.78, 5) is 12.3. The fourth-order valence-electron chi connectivity index (χ4n) is 2.80. The molecule has 0 fully saturated rings. The van der Waals surface area contributed by atoms with Crippen LogP contribution in [0.1, 0.15) is 15.9 Å². The van der Waals surface area contributed by atoms with Crippen LogP contribution in [0.4, 0.5) is 18.9 Å². The summed E-state index contributed by atoms with van der Waals surface area (Å²) in [5.74, 6) is -0.535. The van der Waals surface area contributed by atoms with Crippen molar-refractivity contribution < 1.29 is 36.2 Å². The normalized spacial score (nSPS) is 11.8. The van der Waals surface area contributed by atoms with E-state index in [2.05, 4.69) is 21.2 Å². The molecule has 0 unspecified atom stereocenters. The fourth-order valence-corrected chi connectivity index (χ4v) is 4.62. The predicted octanol–water partition coefficient (Wildman–Crippen LogP) is 6.00. The Morgan fingerprint density at radius 2 is 1.76 bits per heavy atom. The molecular weight excluding hydrogens is 559 g/mol. The van der Waals surface area contributed by atoms with Gasteiger partial charge in [-0.15, -0.1) is 0 Å². The van der Waals surface area contributed by atoms with Crippen LogP contribution in [0.15, 0.2) is 74.9 Å². The van der Waals surface area contributed by atoms with Gasteiger partial charge in [0, 0.05) is 32.4 Å². The lowest BCUT2D eigenvalue weighted by atomic mass is 10.1. The molecule has 0 spiro atoms. The molecule has 0 heterocycles. The number of benzene rings is 3. The van der Waals surface area contributed by atoms with E-state index in [4.69, 9.17) is 4.74 Å². The largest absolute Gasteiger partial charge is 0.507 e. The molecule has 0 aromatic heterocycles. The van der Waals surface area contributed by atoms with E-state index < -0.39 is 27.0 Å². The van der Waals surface area contributed by atoms with Crippen LogP contribution in [0.2, 0.25) is 0 Å². The number of alkyl halides is 3. The number of ether oxygens (including phenoxy) is 1. The fraction of sp³-hybridized carbons (Fsp3) is 0.136. The van der Waals surface area contributed by atoms with Gasteiger partial charge >= 0.3 is 5.51 Å². The van der Waals surface area contributed by atoms with Crippen LogP contribution in [-0.4, -0.2) is 31.2 Å². The van der Waals surface area contributed by atoms with Gasteiger partial charge in [0.25, 0.3) is 5.91 Å². The summed E-state index contributed by atoms with van der Waals surface area (Å²) in [5, 5.41) is 12.3. The number of carbonyl (C=O) groups excluding carboxylic acids is 1. The number of amides is 1. The number of thioether (sulfide) groups is 1.